The molecule has 212 valence electrons. The Morgan fingerprint density at radius 2 is 1.88 bits per heavy atom. The van der Waals surface area contributed by atoms with Crippen LogP contribution < -0.4 is 0 Å². The summed E-state index contributed by atoms with van der Waals surface area (Å²) < 4.78 is 2.42. The zero-order chi connectivity index (χ0) is 28.8. The third kappa shape index (κ3) is 5.08. The van der Waals surface area contributed by atoms with E-state index in [-0.39, 0.29) is 0 Å². The first-order valence-corrected chi connectivity index (χ1v) is 15.6. The average molecular weight is 566 g/mol. The number of allylic oxidation sites excluding steroid dienone is 2. The van der Waals surface area contributed by atoms with Crippen LogP contribution in [0.5, 0.6) is 0 Å². The van der Waals surface area contributed by atoms with Gasteiger partial charge in [-0.2, -0.15) is 0 Å². The lowest BCUT2D eigenvalue weighted by Crippen LogP contribution is -2.26. The van der Waals surface area contributed by atoms with Gasteiger partial charge < -0.3 is 14.6 Å². The number of fused-ring (bicyclic) bond motifs is 5. The van der Waals surface area contributed by atoms with Crippen molar-refractivity contribution in [2.75, 3.05) is 13.6 Å². The Hall–Kier alpha value is -3.48. The number of likely N-dealkylation sites (N-methyl/N-ethyl adjacent to an activating group) is 1. The van der Waals surface area contributed by atoms with Gasteiger partial charge in [-0.3, -0.25) is 0 Å². The minimum atomic E-state index is -0.873. The van der Waals surface area contributed by atoms with Gasteiger partial charge in [0.05, 0.1) is 26.8 Å². The Balaban J connectivity index is 1.52. The molecule has 1 saturated carbocycles. The van der Waals surface area contributed by atoms with E-state index in [0.717, 1.165) is 46.3 Å². The Morgan fingerprint density at radius 1 is 1.10 bits per heavy atom. The van der Waals surface area contributed by atoms with Gasteiger partial charge in [0.1, 0.15) is 0 Å². The van der Waals surface area contributed by atoms with E-state index in [1.807, 2.05) is 19.9 Å². The number of carboxylic acids is 1. The average Bonchev–Trinajstić information content (AvgIpc) is 3.46. The van der Waals surface area contributed by atoms with Crippen molar-refractivity contribution >= 4 is 39.9 Å². The second-order valence-corrected chi connectivity index (χ2v) is 13.0. The van der Waals surface area contributed by atoms with Gasteiger partial charge in [-0.25, -0.2) is 9.78 Å². The van der Waals surface area contributed by atoms with Gasteiger partial charge in [0.15, 0.2) is 0 Å². The number of rotatable bonds is 5. The molecule has 1 aliphatic heterocycles. The highest BCUT2D eigenvalue weighted by Gasteiger charge is 2.30. The lowest BCUT2D eigenvalue weighted by Gasteiger charge is -2.29. The van der Waals surface area contributed by atoms with Gasteiger partial charge in [-0.15, -0.1) is 11.3 Å². The first-order chi connectivity index (χ1) is 19.7. The molecule has 1 aliphatic carbocycles. The summed E-state index contributed by atoms with van der Waals surface area (Å²) in [7, 11) is 2.18. The molecule has 1 fully saturated rings. The Morgan fingerprint density at radius 3 is 2.59 bits per heavy atom. The molecule has 2 aliphatic rings. The van der Waals surface area contributed by atoms with Crippen LogP contribution >= 0.6 is 11.3 Å². The molecular formula is C35H39N3O2S. The SMILES string of the molecule is C=C(/C=C\c1ccc2c(c1C)CN(C)CCn1c-2c(C2CCCCC2)c2ccc(C(=O)O)cc21)c1sc(C)nc1C. The summed E-state index contributed by atoms with van der Waals surface area (Å²) in [6.45, 7) is 13.3. The normalized spacial score (nSPS) is 16.5. The number of thiazole rings is 1. The molecule has 4 aromatic rings. The van der Waals surface area contributed by atoms with Gasteiger partial charge in [0.2, 0.25) is 0 Å². The lowest BCUT2D eigenvalue weighted by molar-refractivity contribution is 0.0697. The largest absolute Gasteiger partial charge is 0.478 e. The summed E-state index contributed by atoms with van der Waals surface area (Å²) in [4.78, 5) is 20.1. The standard InChI is InChI=1S/C35H39N3O2S/c1-21(34-23(3)36-24(4)41-34)11-12-25-13-15-28-30(22(25)2)20-37(5)17-18-38-31-19-27(35(39)40)14-16-29(31)32(33(28)38)26-9-7-6-8-10-26/h11-16,19,26H,1,6-10,17-18,20H2,2-5H3,(H,39,40)/b12-11-. The second-order valence-electron chi connectivity index (χ2n) is 11.8. The first kappa shape index (κ1) is 27.7. The first-order valence-electron chi connectivity index (χ1n) is 14.7. The molecule has 0 spiro atoms. The molecule has 41 heavy (non-hydrogen) atoms. The molecule has 6 heteroatoms. The number of aromatic nitrogens is 2. The van der Waals surface area contributed by atoms with E-state index in [4.69, 9.17) is 0 Å². The molecule has 0 radical (unpaired) electrons. The molecule has 0 saturated heterocycles. The van der Waals surface area contributed by atoms with E-state index < -0.39 is 5.97 Å². The lowest BCUT2D eigenvalue weighted by atomic mass is 9.80. The fourth-order valence-corrected chi connectivity index (χ4v) is 7.80. The van der Waals surface area contributed by atoms with Gasteiger partial charge in [-0.05, 0) is 86.5 Å². The van der Waals surface area contributed by atoms with Crippen LogP contribution in [0.25, 0.3) is 33.8 Å². The Labute approximate surface area is 246 Å². The third-order valence-corrected chi connectivity index (χ3v) is 10.2. The van der Waals surface area contributed by atoms with E-state index in [9.17, 15) is 9.90 Å². The fraction of sp³-hybridized carbons (Fsp3) is 0.371. The summed E-state index contributed by atoms with van der Waals surface area (Å²) in [6, 6.07) is 10.3. The maximum absolute atomic E-state index is 12.0. The zero-order valence-electron chi connectivity index (χ0n) is 24.6. The second kappa shape index (κ2) is 11.1. The Kier molecular flexibility index (Phi) is 7.47. The maximum Gasteiger partial charge on any atom is 0.335 e. The number of aryl methyl sites for hydroxylation is 2. The van der Waals surface area contributed by atoms with Crippen LogP contribution in [0.15, 0.2) is 43.0 Å². The summed E-state index contributed by atoms with van der Waals surface area (Å²) in [5.74, 6) is -0.375. The van der Waals surface area contributed by atoms with Crippen molar-refractivity contribution in [1.82, 2.24) is 14.5 Å². The Bertz CT molecular complexity index is 1700. The number of hydrogen-bond donors (Lipinski definition) is 1. The summed E-state index contributed by atoms with van der Waals surface area (Å²) in [5, 5.41) is 12.1. The van der Waals surface area contributed by atoms with Crippen molar-refractivity contribution < 1.29 is 9.90 Å². The molecule has 0 atom stereocenters. The highest BCUT2D eigenvalue weighted by molar-refractivity contribution is 7.12. The van der Waals surface area contributed by atoms with E-state index in [1.54, 1.807) is 17.4 Å². The summed E-state index contributed by atoms with van der Waals surface area (Å²) >= 11 is 1.69. The van der Waals surface area contributed by atoms with Crippen molar-refractivity contribution in [3.05, 3.63) is 86.4 Å². The molecule has 3 heterocycles. The van der Waals surface area contributed by atoms with Gasteiger partial charge in [0, 0.05) is 36.1 Å². The van der Waals surface area contributed by atoms with Crippen LogP contribution in [0.4, 0.5) is 0 Å². The highest BCUT2D eigenvalue weighted by atomic mass is 32.1. The molecule has 6 rings (SSSR count). The van der Waals surface area contributed by atoms with Gasteiger partial charge in [-0.1, -0.05) is 56.2 Å². The number of carboxylic acid groups (broad SMARTS) is 1. The molecule has 2 aromatic carbocycles. The number of nitrogens with zero attached hydrogens (tertiary/aromatic N) is 3. The van der Waals surface area contributed by atoms with Crippen molar-refractivity contribution in [2.24, 2.45) is 0 Å². The van der Waals surface area contributed by atoms with Crippen LogP contribution in [0.3, 0.4) is 0 Å². The minimum Gasteiger partial charge on any atom is -0.478 e. The molecule has 1 N–H and O–H groups in total. The molecular weight excluding hydrogens is 526 g/mol. The molecule has 0 unspecified atom stereocenters. The number of benzene rings is 2. The van der Waals surface area contributed by atoms with Crippen LogP contribution in [0.2, 0.25) is 0 Å². The predicted molar refractivity (Wildman–Crippen MR) is 171 cm³/mol. The molecule has 0 amide bonds. The highest BCUT2D eigenvalue weighted by Crippen LogP contribution is 2.46. The zero-order valence-corrected chi connectivity index (χ0v) is 25.4. The van der Waals surface area contributed by atoms with E-state index in [0.29, 0.717) is 11.5 Å². The molecule has 2 aromatic heterocycles. The van der Waals surface area contributed by atoms with Crippen LogP contribution in [-0.2, 0) is 13.1 Å². The smallest absolute Gasteiger partial charge is 0.335 e. The maximum atomic E-state index is 12.0. The predicted octanol–water partition coefficient (Wildman–Crippen LogP) is 8.61. The van der Waals surface area contributed by atoms with Crippen molar-refractivity contribution in [1.29, 1.82) is 0 Å². The van der Waals surface area contributed by atoms with Crippen LogP contribution in [0.1, 0.15) is 86.2 Å². The number of aromatic carboxylic acids is 1. The van der Waals surface area contributed by atoms with Crippen LogP contribution in [-0.4, -0.2) is 39.1 Å². The van der Waals surface area contributed by atoms with Crippen LogP contribution in [0, 0.1) is 20.8 Å². The van der Waals surface area contributed by atoms with Crippen molar-refractivity contribution in [3.63, 3.8) is 0 Å². The van der Waals surface area contributed by atoms with E-state index >= 15 is 0 Å². The van der Waals surface area contributed by atoms with Gasteiger partial charge >= 0.3 is 5.97 Å². The van der Waals surface area contributed by atoms with E-state index in [1.165, 1.54) is 71.0 Å². The summed E-state index contributed by atoms with van der Waals surface area (Å²) in [5.41, 5.74) is 11.3. The van der Waals surface area contributed by atoms with Crippen molar-refractivity contribution in [2.45, 2.75) is 71.9 Å². The minimum absolute atomic E-state index is 0.354. The third-order valence-electron chi connectivity index (χ3n) is 9.05. The van der Waals surface area contributed by atoms with Gasteiger partial charge in [0.25, 0.3) is 0 Å². The van der Waals surface area contributed by atoms with E-state index in [2.05, 4.69) is 65.4 Å². The summed E-state index contributed by atoms with van der Waals surface area (Å²) in [6.07, 6.45) is 10.5. The topological polar surface area (TPSA) is 58.4 Å². The monoisotopic (exact) mass is 565 g/mol. The number of hydrogen-bond acceptors (Lipinski definition) is 4. The number of carbonyl (C=O) groups is 1. The molecule has 5 nitrogen and oxygen atoms in total. The fourth-order valence-electron chi connectivity index (χ4n) is 6.93. The quantitative estimate of drug-likeness (QED) is 0.246. The molecule has 0 bridgehead atoms. The van der Waals surface area contributed by atoms with Crippen molar-refractivity contribution in [3.8, 4) is 11.3 Å².